The molecule has 0 aliphatic carbocycles. The average Bonchev–Trinajstić information content (AvgIpc) is 2.45. The third-order valence-electron chi connectivity index (χ3n) is 2.57. The van der Waals surface area contributed by atoms with Gasteiger partial charge in [0.25, 0.3) is 0 Å². The lowest BCUT2D eigenvalue weighted by Gasteiger charge is -2.32. The van der Waals surface area contributed by atoms with Crippen LogP contribution in [0.3, 0.4) is 0 Å². The molecule has 0 spiro atoms. The van der Waals surface area contributed by atoms with Crippen molar-refractivity contribution in [3.05, 3.63) is 0 Å². The van der Waals surface area contributed by atoms with Gasteiger partial charge in [-0.25, -0.2) is 4.79 Å². The monoisotopic (exact) mass is 209 g/mol. The molecule has 0 bridgehead atoms. The number of carbonyl (C=O) groups is 1. The summed E-state index contributed by atoms with van der Waals surface area (Å²) in [5, 5.41) is 0. The van der Waals surface area contributed by atoms with Gasteiger partial charge in [0.1, 0.15) is 11.1 Å². The quantitative estimate of drug-likeness (QED) is 0.573. The molecular weight excluding hydrogens is 190 g/mol. The van der Waals surface area contributed by atoms with Gasteiger partial charge < -0.3 is 4.74 Å². The van der Waals surface area contributed by atoms with Crippen molar-refractivity contribution in [2.24, 2.45) is 0 Å². The van der Waals surface area contributed by atoms with Crippen LogP contribution in [0.2, 0.25) is 0 Å². The molecule has 84 valence electrons. The number of hydrogen-bond acceptors (Lipinski definition) is 2. The van der Waals surface area contributed by atoms with Crippen molar-refractivity contribution < 1.29 is 9.53 Å². The Kier molecular flexibility index (Phi) is 2.99. The van der Waals surface area contributed by atoms with Gasteiger partial charge >= 0.3 is 6.09 Å². The third-order valence-corrected chi connectivity index (χ3v) is 2.57. The highest BCUT2D eigenvalue weighted by Crippen LogP contribution is 2.29. The first kappa shape index (κ1) is 11.9. The van der Waals surface area contributed by atoms with Crippen LogP contribution in [-0.2, 0) is 4.74 Å². The molecule has 1 aliphatic heterocycles. The van der Waals surface area contributed by atoms with E-state index in [1.165, 1.54) is 0 Å². The van der Waals surface area contributed by atoms with E-state index >= 15 is 0 Å². The van der Waals surface area contributed by atoms with E-state index in [4.69, 9.17) is 11.2 Å². The number of amides is 1. The van der Waals surface area contributed by atoms with Crippen molar-refractivity contribution in [3.8, 4) is 12.3 Å². The molecule has 1 fully saturated rings. The maximum absolute atomic E-state index is 11.8. The SMILES string of the molecule is C#CC1(C)CCCN1C(=O)OC(C)(C)C. The predicted octanol–water partition coefficient (Wildman–Crippen LogP) is 2.41. The van der Waals surface area contributed by atoms with Gasteiger partial charge in [-0.2, -0.15) is 0 Å². The number of terminal acetylenes is 1. The van der Waals surface area contributed by atoms with Gasteiger partial charge in [-0.1, -0.05) is 5.92 Å². The van der Waals surface area contributed by atoms with Crippen molar-refractivity contribution >= 4 is 6.09 Å². The second-order valence-electron chi connectivity index (χ2n) is 5.15. The number of nitrogens with zero attached hydrogens (tertiary/aromatic N) is 1. The lowest BCUT2D eigenvalue weighted by molar-refractivity contribution is 0.0179. The molecule has 0 aromatic carbocycles. The summed E-state index contributed by atoms with van der Waals surface area (Å²) in [6.45, 7) is 8.16. The predicted molar refractivity (Wildman–Crippen MR) is 59.4 cm³/mol. The molecule has 0 radical (unpaired) electrons. The summed E-state index contributed by atoms with van der Waals surface area (Å²) >= 11 is 0. The van der Waals surface area contributed by atoms with E-state index < -0.39 is 11.1 Å². The minimum absolute atomic E-state index is 0.305. The smallest absolute Gasteiger partial charge is 0.411 e. The van der Waals surface area contributed by atoms with Crippen molar-refractivity contribution in [1.82, 2.24) is 4.90 Å². The van der Waals surface area contributed by atoms with Gasteiger partial charge in [0.05, 0.1) is 0 Å². The van der Waals surface area contributed by atoms with Crippen LogP contribution in [0.5, 0.6) is 0 Å². The van der Waals surface area contributed by atoms with Gasteiger partial charge in [-0.05, 0) is 40.5 Å². The molecule has 1 saturated heterocycles. The Labute approximate surface area is 91.8 Å². The zero-order valence-electron chi connectivity index (χ0n) is 9.96. The van der Waals surface area contributed by atoms with Crippen molar-refractivity contribution in [2.75, 3.05) is 6.54 Å². The molecule has 1 rings (SSSR count). The Balaban J connectivity index is 2.73. The molecule has 0 N–H and O–H groups in total. The highest BCUT2D eigenvalue weighted by atomic mass is 16.6. The highest BCUT2D eigenvalue weighted by Gasteiger charge is 2.40. The number of likely N-dealkylation sites (tertiary alicyclic amines) is 1. The van der Waals surface area contributed by atoms with Crippen molar-refractivity contribution in [3.63, 3.8) is 0 Å². The molecule has 3 nitrogen and oxygen atoms in total. The number of carbonyl (C=O) groups excluding carboxylic acids is 1. The van der Waals surface area contributed by atoms with Crippen molar-refractivity contribution in [2.45, 2.75) is 51.7 Å². The lowest BCUT2D eigenvalue weighted by atomic mass is 10.0. The fourth-order valence-corrected chi connectivity index (χ4v) is 1.72. The maximum Gasteiger partial charge on any atom is 0.411 e. The zero-order valence-corrected chi connectivity index (χ0v) is 9.96. The summed E-state index contributed by atoms with van der Waals surface area (Å²) in [7, 11) is 0. The van der Waals surface area contributed by atoms with E-state index in [9.17, 15) is 4.79 Å². The van der Waals surface area contributed by atoms with Crippen LogP contribution in [0.25, 0.3) is 0 Å². The molecule has 0 saturated carbocycles. The number of rotatable bonds is 0. The largest absolute Gasteiger partial charge is 0.444 e. The van der Waals surface area contributed by atoms with E-state index in [0.29, 0.717) is 6.54 Å². The van der Waals surface area contributed by atoms with Crippen LogP contribution in [0.4, 0.5) is 4.79 Å². The summed E-state index contributed by atoms with van der Waals surface area (Å²) in [6.07, 6.45) is 6.95. The standard InChI is InChI=1S/C12H19NO2/c1-6-12(5)8-7-9-13(12)10(14)15-11(2,3)4/h1H,7-9H2,2-5H3. The molecule has 3 heteroatoms. The fourth-order valence-electron chi connectivity index (χ4n) is 1.72. The second kappa shape index (κ2) is 3.77. The Morgan fingerprint density at radius 2 is 2.13 bits per heavy atom. The topological polar surface area (TPSA) is 29.5 Å². The van der Waals surface area contributed by atoms with Crippen molar-refractivity contribution in [1.29, 1.82) is 0 Å². The summed E-state index contributed by atoms with van der Waals surface area (Å²) in [4.78, 5) is 13.5. The minimum atomic E-state index is -0.470. The molecule has 15 heavy (non-hydrogen) atoms. The normalized spacial score (nSPS) is 26.2. The first-order valence-electron chi connectivity index (χ1n) is 5.27. The Morgan fingerprint density at radius 1 is 1.53 bits per heavy atom. The van der Waals surface area contributed by atoms with Crippen LogP contribution in [0.15, 0.2) is 0 Å². The molecule has 1 aliphatic rings. The number of ether oxygens (including phenoxy) is 1. The first-order valence-corrected chi connectivity index (χ1v) is 5.27. The van der Waals surface area contributed by atoms with Crippen LogP contribution < -0.4 is 0 Å². The van der Waals surface area contributed by atoms with Gasteiger partial charge in [-0.3, -0.25) is 4.90 Å². The summed E-state index contributed by atoms with van der Waals surface area (Å²) in [5.74, 6) is 2.68. The molecule has 1 amide bonds. The molecule has 1 atom stereocenters. The van der Waals surface area contributed by atoms with Gasteiger partial charge in [-0.15, -0.1) is 6.42 Å². The Hall–Kier alpha value is -1.17. The fraction of sp³-hybridized carbons (Fsp3) is 0.750. The second-order valence-corrected chi connectivity index (χ2v) is 5.15. The van der Waals surface area contributed by atoms with E-state index in [0.717, 1.165) is 12.8 Å². The Morgan fingerprint density at radius 3 is 2.60 bits per heavy atom. The van der Waals surface area contributed by atoms with E-state index in [-0.39, 0.29) is 6.09 Å². The first-order chi connectivity index (χ1) is 6.78. The van der Waals surface area contributed by atoms with Crippen LogP contribution >= 0.6 is 0 Å². The molecule has 0 aromatic heterocycles. The van der Waals surface area contributed by atoms with Gasteiger partial charge in [0, 0.05) is 6.54 Å². The van der Waals surface area contributed by atoms with Crippen LogP contribution in [0.1, 0.15) is 40.5 Å². The minimum Gasteiger partial charge on any atom is -0.444 e. The van der Waals surface area contributed by atoms with Crippen LogP contribution in [-0.4, -0.2) is 28.7 Å². The third kappa shape index (κ3) is 2.65. The van der Waals surface area contributed by atoms with Crippen LogP contribution in [0, 0.1) is 12.3 Å². The number of hydrogen-bond donors (Lipinski definition) is 0. The summed E-state index contributed by atoms with van der Waals surface area (Å²) in [5.41, 5.74) is -0.933. The highest BCUT2D eigenvalue weighted by molar-refractivity contribution is 5.70. The Bertz CT molecular complexity index is 298. The molecular formula is C12H19NO2. The molecule has 1 unspecified atom stereocenters. The van der Waals surface area contributed by atoms with E-state index in [1.807, 2.05) is 27.7 Å². The average molecular weight is 209 g/mol. The molecule has 0 aromatic rings. The van der Waals surface area contributed by atoms with Gasteiger partial charge in [0.15, 0.2) is 0 Å². The molecule has 1 heterocycles. The van der Waals surface area contributed by atoms with E-state index in [2.05, 4.69) is 5.92 Å². The lowest BCUT2D eigenvalue weighted by Crippen LogP contribution is -2.46. The van der Waals surface area contributed by atoms with Gasteiger partial charge in [0.2, 0.25) is 0 Å². The van der Waals surface area contributed by atoms with E-state index in [1.54, 1.807) is 4.90 Å². The summed E-state index contributed by atoms with van der Waals surface area (Å²) < 4.78 is 5.31. The zero-order chi connectivity index (χ0) is 11.7. The maximum atomic E-state index is 11.8. The summed E-state index contributed by atoms with van der Waals surface area (Å²) in [6, 6.07) is 0.